The molecule has 1 rings (SSSR count). The zero-order valence-electron chi connectivity index (χ0n) is 10.3. The summed E-state index contributed by atoms with van der Waals surface area (Å²) in [6.45, 7) is 3.23. The highest BCUT2D eigenvalue weighted by Crippen LogP contribution is 2.16. The van der Waals surface area contributed by atoms with Crippen molar-refractivity contribution < 1.29 is 14.7 Å². The third kappa shape index (κ3) is 4.03. The lowest BCUT2D eigenvalue weighted by Gasteiger charge is -2.24. The Morgan fingerprint density at radius 1 is 1.44 bits per heavy atom. The Bertz CT molecular complexity index is 425. The molecule has 0 radical (unpaired) electrons. The van der Waals surface area contributed by atoms with E-state index >= 15 is 0 Å². The summed E-state index contributed by atoms with van der Waals surface area (Å²) >= 11 is 1.35. The fraction of sp³-hybridized carbons (Fsp3) is 0.417. The fourth-order valence-corrected chi connectivity index (χ4v) is 1.90. The maximum atomic E-state index is 11.7. The number of pyridine rings is 1. The van der Waals surface area contributed by atoms with Crippen molar-refractivity contribution in [3.05, 3.63) is 24.5 Å². The maximum absolute atomic E-state index is 11.7. The van der Waals surface area contributed by atoms with E-state index in [2.05, 4.69) is 10.3 Å². The lowest BCUT2D eigenvalue weighted by Crippen LogP contribution is -2.52. The summed E-state index contributed by atoms with van der Waals surface area (Å²) in [7, 11) is 0. The van der Waals surface area contributed by atoms with Crippen molar-refractivity contribution in [3.63, 3.8) is 0 Å². The molecule has 1 amide bonds. The molecule has 0 aliphatic carbocycles. The molecule has 0 aliphatic rings. The number of carboxylic acid groups (broad SMARTS) is 1. The van der Waals surface area contributed by atoms with E-state index < -0.39 is 11.5 Å². The molecular formula is C12H16N2O3S. The van der Waals surface area contributed by atoms with Crippen LogP contribution in [0.1, 0.15) is 20.3 Å². The van der Waals surface area contributed by atoms with Crippen LogP contribution in [0.15, 0.2) is 29.4 Å². The van der Waals surface area contributed by atoms with Crippen LogP contribution >= 0.6 is 11.8 Å². The van der Waals surface area contributed by atoms with Gasteiger partial charge >= 0.3 is 5.97 Å². The van der Waals surface area contributed by atoms with Crippen LogP contribution in [-0.4, -0.2) is 33.3 Å². The molecule has 98 valence electrons. The summed E-state index contributed by atoms with van der Waals surface area (Å²) in [6.07, 6.45) is 3.63. The number of thioether (sulfide) groups is 1. The van der Waals surface area contributed by atoms with E-state index in [1.165, 1.54) is 18.7 Å². The number of aromatic nitrogens is 1. The standard InChI is InChI=1S/C12H16N2O3S/c1-3-12(2,11(16)17)14-10(15)8-18-9-4-6-13-7-5-9/h4-7H,3,8H2,1-2H3,(H,14,15)(H,16,17). The summed E-state index contributed by atoms with van der Waals surface area (Å²) < 4.78 is 0. The van der Waals surface area contributed by atoms with E-state index in [1.807, 2.05) is 0 Å². The second-order valence-corrected chi connectivity index (χ2v) is 5.06. The van der Waals surface area contributed by atoms with E-state index in [0.29, 0.717) is 6.42 Å². The summed E-state index contributed by atoms with van der Waals surface area (Å²) in [4.78, 5) is 27.5. The number of carbonyl (C=O) groups is 2. The smallest absolute Gasteiger partial charge is 0.329 e. The van der Waals surface area contributed by atoms with Gasteiger partial charge in [-0.1, -0.05) is 6.92 Å². The van der Waals surface area contributed by atoms with E-state index in [-0.39, 0.29) is 11.7 Å². The minimum Gasteiger partial charge on any atom is -0.480 e. The Balaban J connectivity index is 2.49. The molecule has 2 N–H and O–H groups in total. The first-order valence-electron chi connectivity index (χ1n) is 5.55. The van der Waals surface area contributed by atoms with Crippen molar-refractivity contribution in [2.24, 2.45) is 0 Å². The summed E-state index contributed by atoms with van der Waals surface area (Å²) in [5, 5.41) is 11.6. The number of rotatable bonds is 6. The summed E-state index contributed by atoms with van der Waals surface area (Å²) in [6, 6.07) is 3.60. The van der Waals surface area contributed by atoms with Gasteiger partial charge in [-0.05, 0) is 25.5 Å². The van der Waals surface area contributed by atoms with Crippen molar-refractivity contribution >= 4 is 23.6 Å². The van der Waals surface area contributed by atoms with Crippen LogP contribution < -0.4 is 5.32 Å². The normalized spacial score (nSPS) is 13.7. The second-order valence-electron chi connectivity index (χ2n) is 4.01. The molecule has 0 spiro atoms. The molecule has 1 aromatic heterocycles. The molecule has 6 heteroatoms. The van der Waals surface area contributed by atoms with Gasteiger partial charge in [-0.25, -0.2) is 4.79 Å². The topological polar surface area (TPSA) is 79.3 Å². The van der Waals surface area contributed by atoms with Gasteiger partial charge in [-0.15, -0.1) is 11.8 Å². The van der Waals surface area contributed by atoms with Crippen LogP contribution in [0, 0.1) is 0 Å². The van der Waals surface area contributed by atoms with Gasteiger partial charge in [0.15, 0.2) is 0 Å². The Morgan fingerprint density at radius 2 is 2.06 bits per heavy atom. The lowest BCUT2D eigenvalue weighted by atomic mass is 9.99. The van der Waals surface area contributed by atoms with E-state index in [9.17, 15) is 9.59 Å². The molecule has 1 aromatic rings. The summed E-state index contributed by atoms with van der Waals surface area (Å²) in [5.41, 5.74) is -1.20. The monoisotopic (exact) mass is 268 g/mol. The largest absolute Gasteiger partial charge is 0.480 e. The number of amides is 1. The average Bonchev–Trinajstić information content (AvgIpc) is 2.37. The molecule has 0 fully saturated rings. The molecule has 1 heterocycles. The molecule has 1 atom stereocenters. The molecule has 0 bridgehead atoms. The third-order valence-corrected chi connectivity index (χ3v) is 3.63. The maximum Gasteiger partial charge on any atom is 0.329 e. The van der Waals surface area contributed by atoms with Gasteiger partial charge in [0.05, 0.1) is 5.75 Å². The zero-order chi connectivity index (χ0) is 13.6. The predicted molar refractivity (Wildman–Crippen MR) is 69.4 cm³/mol. The van der Waals surface area contributed by atoms with Gasteiger partial charge in [-0.2, -0.15) is 0 Å². The quantitative estimate of drug-likeness (QED) is 0.765. The Hall–Kier alpha value is -1.56. The number of hydrogen-bond donors (Lipinski definition) is 2. The first kappa shape index (κ1) is 14.5. The Kier molecular flexibility index (Phi) is 5.15. The molecule has 1 unspecified atom stereocenters. The van der Waals surface area contributed by atoms with Gasteiger partial charge in [0.1, 0.15) is 5.54 Å². The van der Waals surface area contributed by atoms with Gasteiger partial charge in [-0.3, -0.25) is 9.78 Å². The van der Waals surface area contributed by atoms with Crippen LogP contribution in [-0.2, 0) is 9.59 Å². The van der Waals surface area contributed by atoms with Crippen molar-refractivity contribution in [2.45, 2.75) is 30.7 Å². The van der Waals surface area contributed by atoms with E-state index in [0.717, 1.165) is 4.90 Å². The van der Waals surface area contributed by atoms with Crippen molar-refractivity contribution in [1.29, 1.82) is 0 Å². The SMILES string of the molecule is CCC(C)(NC(=O)CSc1ccncc1)C(=O)O. The highest BCUT2D eigenvalue weighted by molar-refractivity contribution is 8.00. The van der Waals surface area contributed by atoms with Crippen LogP contribution in [0.3, 0.4) is 0 Å². The highest BCUT2D eigenvalue weighted by Gasteiger charge is 2.32. The molecule has 0 aromatic carbocycles. The molecule has 0 saturated carbocycles. The Labute approximate surface area is 110 Å². The summed E-state index contributed by atoms with van der Waals surface area (Å²) in [5.74, 6) is -1.12. The average molecular weight is 268 g/mol. The van der Waals surface area contributed by atoms with Gasteiger partial charge in [0.2, 0.25) is 5.91 Å². The predicted octanol–water partition coefficient (Wildman–Crippen LogP) is 1.54. The minimum absolute atomic E-state index is 0.187. The molecule has 18 heavy (non-hydrogen) atoms. The van der Waals surface area contributed by atoms with Crippen LogP contribution in [0.2, 0.25) is 0 Å². The number of aliphatic carboxylic acids is 1. The minimum atomic E-state index is -1.20. The number of hydrogen-bond acceptors (Lipinski definition) is 4. The van der Waals surface area contributed by atoms with Crippen LogP contribution in [0.4, 0.5) is 0 Å². The van der Waals surface area contributed by atoms with Crippen molar-refractivity contribution in [3.8, 4) is 0 Å². The fourth-order valence-electron chi connectivity index (χ4n) is 1.22. The van der Waals surface area contributed by atoms with Crippen LogP contribution in [0.25, 0.3) is 0 Å². The zero-order valence-corrected chi connectivity index (χ0v) is 11.2. The number of nitrogens with one attached hydrogen (secondary N) is 1. The Morgan fingerprint density at radius 3 is 2.56 bits per heavy atom. The number of nitrogens with zero attached hydrogens (tertiary/aromatic N) is 1. The molecular weight excluding hydrogens is 252 g/mol. The second kappa shape index (κ2) is 6.39. The first-order chi connectivity index (χ1) is 8.48. The third-order valence-electron chi connectivity index (χ3n) is 2.61. The van der Waals surface area contributed by atoms with Crippen molar-refractivity contribution in [1.82, 2.24) is 10.3 Å². The highest BCUT2D eigenvalue weighted by atomic mass is 32.2. The van der Waals surface area contributed by atoms with Crippen LogP contribution in [0.5, 0.6) is 0 Å². The van der Waals surface area contributed by atoms with E-state index in [4.69, 9.17) is 5.11 Å². The lowest BCUT2D eigenvalue weighted by molar-refractivity contribution is -0.146. The van der Waals surface area contributed by atoms with Crippen molar-refractivity contribution in [2.75, 3.05) is 5.75 Å². The van der Waals surface area contributed by atoms with Gasteiger partial charge in [0, 0.05) is 17.3 Å². The number of carbonyl (C=O) groups excluding carboxylic acids is 1. The number of carboxylic acids is 1. The van der Waals surface area contributed by atoms with Gasteiger partial charge in [0.25, 0.3) is 0 Å². The van der Waals surface area contributed by atoms with E-state index in [1.54, 1.807) is 31.5 Å². The molecule has 5 nitrogen and oxygen atoms in total. The molecule has 0 saturated heterocycles. The van der Waals surface area contributed by atoms with Gasteiger partial charge < -0.3 is 10.4 Å². The first-order valence-corrected chi connectivity index (χ1v) is 6.53. The molecule has 0 aliphatic heterocycles.